The third-order valence-electron chi connectivity index (χ3n) is 6.05. The number of alkyl halides is 2. The number of hydrogen-bond donors (Lipinski definition) is 0. The van der Waals surface area contributed by atoms with Crippen LogP contribution in [0.5, 0.6) is 0 Å². The highest BCUT2D eigenvalue weighted by Crippen LogP contribution is 2.29. The number of carbonyl (C=O) groups excluding carboxylic acids is 1. The zero-order chi connectivity index (χ0) is 22.3. The van der Waals surface area contributed by atoms with E-state index in [1.54, 1.807) is 16.9 Å². The third kappa shape index (κ3) is 3.92. The predicted molar refractivity (Wildman–Crippen MR) is 113 cm³/mol. The van der Waals surface area contributed by atoms with E-state index in [4.69, 9.17) is 0 Å². The zero-order valence-corrected chi connectivity index (χ0v) is 17.7. The molecule has 2 aliphatic rings. The van der Waals surface area contributed by atoms with Crippen LogP contribution < -0.4 is 4.90 Å². The minimum absolute atomic E-state index is 0.0306. The molecule has 5 rings (SSSR count). The molecule has 1 saturated heterocycles. The van der Waals surface area contributed by atoms with Gasteiger partial charge in [0.05, 0.1) is 11.9 Å². The second kappa shape index (κ2) is 7.92. The van der Waals surface area contributed by atoms with Crippen molar-refractivity contribution in [1.82, 2.24) is 29.9 Å². The van der Waals surface area contributed by atoms with Gasteiger partial charge in [0, 0.05) is 63.5 Å². The van der Waals surface area contributed by atoms with E-state index in [0.29, 0.717) is 12.4 Å². The largest absolute Gasteiger partial charge is 0.350 e. The Hall–Kier alpha value is -3.43. The Morgan fingerprint density at radius 2 is 1.94 bits per heavy atom. The van der Waals surface area contributed by atoms with Crippen LogP contribution in [0, 0.1) is 6.92 Å². The quantitative estimate of drug-likeness (QED) is 0.625. The van der Waals surface area contributed by atoms with Crippen LogP contribution in [0.2, 0.25) is 0 Å². The summed E-state index contributed by atoms with van der Waals surface area (Å²) < 4.78 is 28.6. The molecule has 5 heterocycles. The molecule has 10 heteroatoms. The number of aromatic nitrogens is 5. The zero-order valence-electron chi connectivity index (χ0n) is 17.7. The second-order valence-corrected chi connectivity index (χ2v) is 8.31. The topological polar surface area (TPSA) is 80.0 Å². The number of halogens is 2. The minimum atomic E-state index is -2.70. The first kappa shape index (κ1) is 20.5. The molecule has 0 unspecified atom stereocenters. The van der Waals surface area contributed by atoms with Crippen molar-refractivity contribution in [3.8, 4) is 5.69 Å². The lowest BCUT2D eigenvalue weighted by atomic mass is 10.0. The van der Waals surface area contributed by atoms with Crippen molar-refractivity contribution >= 4 is 11.7 Å². The van der Waals surface area contributed by atoms with Crippen LogP contribution in [0.3, 0.4) is 0 Å². The molecule has 3 aromatic heterocycles. The van der Waals surface area contributed by atoms with Crippen molar-refractivity contribution in [2.24, 2.45) is 0 Å². The molecule has 2 aliphatic heterocycles. The molecule has 1 fully saturated rings. The normalized spacial score (nSPS) is 17.8. The monoisotopic (exact) mass is 439 g/mol. The first-order valence-electron chi connectivity index (χ1n) is 10.6. The van der Waals surface area contributed by atoms with Gasteiger partial charge in [0.1, 0.15) is 0 Å². The van der Waals surface area contributed by atoms with Gasteiger partial charge in [0.2, 0.25) is 0 Å². The molecule has 0 bridgehead atoms. The summed E-state index contributed by atoms with van der Waals surface area (Å²) in [5.74, 6) is -2.33. The van der Waals surface area contributed by atoms with Crippen LogP contribution >= 0.6 is 0 Å². The third-order valence-corrected chi connectivity index (χ3v) is 6.05. The van der Waals surface area contributed by atoms with E-state index in [9.17, 15) is 13.6 Å². The van der Waals surface area contributed by atoms with Gasteiger partial charge in [-0.1, -0.05) is 0 Å². The molecular weight excluding hydrogens is 416 g/mol. The van der Waals surface area contributed by atoms with Crippen molar-refractivity contribution in [3.63, 3.8) is 0 Å². The van der Waals surface area contributed by atoms with Crippen LogP contribution in [0.1, 0.15) is 40.2 Å². The molecule has 166 valence electrons. The fourth-order valence-corrected chi connectivity index (χ4v) is 4.24. The molecule has 0 N–H and O–H groups in total. The van der Waals surface area contributed by atoms with Gasteiger partial charge in [-0.15, -0.1) is 10.2 Å². The Bertz CT molecular complexity index is 1140. The summed E-state index contributed by atoms with van der Waals surface area (Å²) in [5.41, 5.74) is 4.06. The van der Waals surface area contributed by atoms with Gasteiger partial charge < -0.3 is 9.80 Å². The van der Waals surface area contributed by atoms with Crippen LogP contribution in [-0.2, 0) is 13.0 Å². The van der Waals surface area contributed by atoms with E-state index in [-0.39, 0.29) is 37.5 Å². The van der Waals surface area contributed by atoms with E-state index >= 15 is 0 Å². The maximum absolute atomic E-state index is 13.4. The Kier molecular flexibility index (Phi) is 5.07. The van der Waals surface area contributed by atoms with Crippen LogP contribution in [-0.4, -0.2) is 61.3 Å². The van der Waals surface area contributed by atoms with Crippen LogP contribution in [0.25, 0.3) is 5.69 Å². The van der Waals surface area contributed by atoms with Gasteiger partial charge in [-0.25, -0.2) is 13.5 Å². The summed E-state index contributed by atoms with van der Waals surface area (Å²) in [6.07, 6.45) is 5.57. The Morgan fingerprint density at radius 3 is 2.66 bits per heavy atom. The predicted octanol–water partition coefficient (Wildman–Crippen LogP) is 2.80. The molecule has 0 aliphatic carbocycles. The number of pyridine rings is 1. The number of rotatable bonds is 3. The van der Waals surface area contributed by atoms with E-state index in [1.807, 2.05) is 25.4 Å². The van der Waals surface area contributed by atoms with Gasteiger partial charge in [-0.05, 0) is 36.2 Å². The Balaban J connectivity index is 1.33. The van der Waals surface area contributed by atoms with Crippen molar-refractivity contribution in [3.05, 3.63) is 59.3 Å². The van der Waals surface area contributed by atoms with E-state index in [0.717, 1.165) is 35.5 Å². The highest BCUT2D eigenvalue weighted by molar-refractivity contribution is 5.92. The number of carbonyl (C=O) groups is 1. The average Bonchev–Trinajstić information content (AvgIpc) is 3.33. The van der Waals surface area contributed by atoms with E-state index in [2.05, 4.69) is 31.2 Å². The number of anilines is 1. The summed E-state index contributed by atoms with van der Waals surface area (Å²) in [4.78, 5) is 20.9. The van der Waals surface area contributed by atoms with Crippen LogP contribution in [0.4, 0.5) is 14.6 Å². The summed E-state index contributed by atoms with van der Waals surface area (Å²) in [6.45, 7) is 3.32. The molecule has 0 radical (unpaired) electrons. The number of nitrogens with zero attached hydrogens (tertiary/aromatic N) is 7. The van der Waals surface area contributed by atoms with Crippen molar-refractivity contribution < 1.29 is 13.6 Å². The fourth-order valence-electron chi connectivity index (χ4n) is 4.24. The fraction of sp³-hybridized carbons (Fsp3) is 0.409. The molecule has 3 aromatic rings. The highest BCUT2D eigenvalue weighted by atomic mass is 19.3. The maximum atomic E-state index is 13.4. The first-order valence-corrected chi connectivity index (χ1v) is 10.6. The van der Waals surface area contributed by atoms with Gasteiger partial charge in [-0.2, -0.15) is 5.10 Å². The summed E-state index contributed by atoms with van der Waals surface area (Å²) in [7, 11) is 0. The standard InChI is InChI=1S/C22H23F2N7O/c1-15-11-19(21(32)29-9-4-22(23,24)5-10-29)27-28-20(15)30-8-3-18-16(14-30)12-17(13-25-18)31-7-2-6-26-31/h2,6-7,11-13H,3-5,8-10,14H2,1H3. The highest BCUT2D eigenvalue weighted by Gasteiger charge is 2.36. The number of amides is 1. The lowest BCUT2D eigenvalue weighted by Crippen LogP contribution is -2.43. The summed E-state index contributed by atoms with van der Waals surface area (Å²) >= 11 is 0. The smallest absolute Gasteiger partial charge is 0.274 e. The maximum Gasteiger partial charge on any atom is 0.274 e. The number of aryl methyl sites for hydroxylation is 1. The lowest BCUT2D eigenvalue weighted by Gasteiger charge is -2.32. The van der Waals surface area contributed by atoms with Crippen molar-refractivity contribution in [1.29, 1.82) is 0 Å². The van der Waals surface area contributed by atoms with Gasteiger partial charge >= 0.3 is 0 Å². The summed E-state index contributed by atoms with van der Waals surface area (Å²) in [5, 5.41) is 12.7. The molecular formula is C22H23F2N7O. The SMILES string of the molecule is Cc1cc(C(=O)N2CCC(F)(F)CC2)nnc1N1CCc2ncc(-n3cccn3)cc2C1. The van der Waals surface area contributed by atoms with E-state index < -0.39 is 5.92 Å². The first-order chi connectivity index (χ1) is 15.4. The average molecular weight is 439 g/mol. The van der Waals surface area contributed by atoms with E-state index in [1.165, 1.54) is 4.90 Å². The molecule has 8 nitrogen and oxygen atoms in total. The van der Waals surface area contributed by atoms with Crippen LogP contribution in [0.15, 0.2) is 36.8 Å². The minimum Gasteiger partial charge on any atom is -0.350 e. The molecule has 32 heavy (non-hydrogen) atoms. The van der Waals surface area contributed by atoms with Gasteiger partial charge in [-0.3, -0.25) is 9.78 Å². The molecule has 0 spiro atoms. The lowest BCUT2D eigenvalue weighted by molar-refractivity contribution is -0.0495. The van der Waals surface area contributed by atoms with Gasteiger partial charge in [0.25, 0.3) is 11.8 Å². The number of hydrogen-bond acceptors (Lipinski definition) is 6. The molecule has 1 amide bonds. The second-order valence-electron chi connectivity index (χ2n) is 8.31. The Morgan fingerprint density at radius 1 is 1.12 bits per heavy atom. The van der Waals surface area contributed by atoms with Crippen molar-refractivity contribution in [2.75, 3.05) is 24.5 Å². The molecule has 0 saturated carbocycles. The number of fused-ring (bicyclic) bond motifs is 1. The van der Waals surface area contributed by atoms with Gasteiger partial charge in [0.15, 0.2) is 11.5 Å². The number of piperidine rings is 1. The van der Waals surface area contributed by atoms with Crippen molar-refractivity contribution in [2.45, 2.75) is 38.7 Å². The molecule has 0 aromatic carbocycles. The molecule has 0 atom stereocenters. The summed E-state index contributed by atoms with van der Waals surface area (Å²) in [6, 6.07) is 5.64. The Labute approximate surface area is 183 Å². The number of likely N-dealkylation sites (tertiary alicyclic amines) is 1.